The van der Waals surface area contributed by atoms with Crippen LogP contribution in [0.25, 0.3) is 11.2 Å². The van der Waals surface area contributed by atoms with E-state index in [1.54, 1.807) is 13.3 Å². The molecule has 1 aliphatic rings. The van der Waals surface area contributed by atoms with E-state index >= 15 is 0 Å². The molecule has 2 aromatic heterocycles. The van der Waals surface area contributed by atoms with Gasteiger partial charge in [-0.2, -0.15) is 0 Å². The Hall–Kier alpha value is -1.32. The fraction of sp³-hybridized carbons (Fsp3) is 0.643. The number of nitrogens with zero attached hydrogens (tertiary/aromatic N) is 4. The largest absolute Gasteiger partial charge is 0.396 e. The van der Waals surface area contributed by atoms with E-state index in [-0.39, 0.29) is 24.7 Å². The lowest BCUT2D eigenvalue weighted by Crippen LogP contribution is -2.28. The van der Waals surface area contributed by atoms with Crippen LogP contribution < -0.4 is 0 Å². The summed E-state index contributed by atoms with van der Waals surface area (Å²) in [5.41, 5.74) is 1.20. The zero-order valence-corrected chi connectivity index (χ0v) is 13.4. The van der Waals surface area contributed by atoms with Crippen LogP contribution in [0.1, 0.15) is 25.8 Å². The van der Waals surface area contributed by atoms with Crippen LogP contribution in [0.2, 0.25) is 5.15 Å². The predicted molar refractivity (Wildman–Crippen MR) is 81.7 cm³/mol. The topological polar surface area (TPSA) is 103 Å². The number of aromatic nitrogens is 4. The third kappa shape index (κ3) is 3.31. The second-order valence-electron chi connectivity index (χ2n) is 5.49. The highest BCUT2D eigenvalue weighted by atomic mass is 35.5. The number of aliphatic hydroxyl groups excluding tert-OH is 2. The molecule has 126 valence electrons. The molecule has 4 atom stereocenters. The van der Waals surface area contributed by atoms with Gasteiger partial charge in [0.1, 0.15) is 11.8 Å². The van der Waals surface area contributed by atoms with Gasteiger partial charge in [-0.25, -0.2) is 15.0 Å². The average Bonchev–Trinajstić information content (AvgIpc) is 3.12. The van der Waals surface area contributed by atoms with Crippen molar-refractivity contribution in [3.8, 4) is 0 Å². The van der Waals surface area contributed by atoms with Crippen molar-refractivity contribution in [3.63, 3.8) is 0 Å². The van der Waals surface area contributed by atoms with Gasteiger partial charge in [-0.3, -0.25) is 0 Å². The van der Waals surface area contributed by atoms with Gasteiger partial charge in [-0.15, -0.1) is 0 Å². The first-order valence-electron chi connectivity index (χ1n) is 7.53. The van der Waals surface area contributed by atoms with Crippen molar-refractivity contribution < 1.29 is 19.7 Å². The summed E-state index contributed by atoms with van der Waals surface area (Å²) < 4.78 is 12.4. The van der Waals surface area contributed by atoms with E-state index in [4.69, 9.17) is 21.1 Å². The maximum Gasteiger partial charge on any atom is 0.269 e. The number of fused-ring (bicyclic) bond motifs is 1. The van der Waals surface area contributed by atoms with Crippen molar-refractivity contribution in [3.05, 3.63) is 17.8 Å². The lowest BCUT2D eigenvalue weighted by Gasteiger charge is -2.21. The molecule has 2 aromatic rings. The van der Waals surface area contributed by atoms with E-state index in [1.165, 1.54) is 6.33 Å². The Morgan fingerprint density at radius 3 is 2.96 bits per heavy atom. The minimum atomic E-state index is -1.28. The second-order valence-corrected chi connectivity index (χ2v) is 5.85. The van der Waals surface area contributed by atoms with Crippen LogP contribution in [-0.2, 0) is 9.47 Å². The lowest BCUT2D eigenvalue weighted by molar-refractivity contribution is -0.285. The molecule has 9 heteroatoms. The summed E-state index contributed by atoms with van der Waals surface area (Å²) in [6.45, 7) is 0.814. The van der Waals surface area contributed by atoms with E-state index < -0.39 is 6.48 Å². The molecule has 0 radical (unpaired) electrons. The highest BCUT2D eigenvalue weighted by Crippen LogP contribution is 2.38. The zero-order valence-electron chi connectivity index (χ0n) is 12.7. The van der Waals surface area contributed by atoms with E-state index in [0.717, 1.165) is 0 Å². The summed E-state index contributed by atoms with van der Waals surface area (Å²) in [5.74, 6) is -0.0927. The third-order valence-electron chi connectivity index (χ3n) is 4.15. The molecule has 0 amide bonds. The van der Waals surface area contributed by atoms with Crippen LogP contribution in [0.3, 0.4) is 0 Å². The van der Waals surface area contributed by atoms with E-state index in [1.807, 2.05) is 4.57 Å². The molecule has 1 fully saturated rings. The van der Waals surface area contributed by atoms with Crippen molar-refractivity contribution in [2.45, 2.75) is 38.4 Å². The number of hydrogen-bond acceptors (Lipinski definition) is 7. The summed E-state index contributed by atoms with van der Waals surface area (Å²) in [7, 11) is 0. The van der Waals surface area contributed by atoms with Crippen LogP contribution in [0.4, 0.5) is 0 Å². The smallest absolute Gasteiger partial charge is 0.269 e. The fourth-order valence-corrected chi connectivity index (χ4v) is 3.24. The molecule has 0 spiro atoms. The Labute approximate surface area is 138 Å². The number of imidazole rings is 1. The summed E-state index contributed by atoms with van der Waals surface area (Å²) in [6.07, 6.45) is 4.07. The molecule has 2 heterocycles. The number of halogens is 1. The van der Waals surface area contributed by atoms with Crippen LogP contribution >= 0.6 is 11.6 Å². The van der Waals surface area contributed by atoms with Crippen LogP contribution in [0, 0.1) is 5.92 Å². The van der Waals surface area contributed by atoms with E-state index in [2.05, 4.69) is 15.0 Å². The van der Waals surface area contributed by atoms with Gasteiger partial charge in [0.15, 0.2) is 10.8 Å². The third-order valence-corrected chi connectivity index (χ3v) is 4.42. The Bertz CT molecular complexity index is 667. The molecule has 0 bridgehead atoms. The minimum Gasteiger partial charge on any atom is -0.396 e. The molecular weight excluding hydrogens is 324 g/mol. The first kappa shape index (κ1) is 16.5. The van der Waals surface area contributed by atoms with Gasteiger partial charge in [0, 0.05) is 25.2 Å². The van der Waals surface area contributed by atoms with Gasteiger partial charge in [0.25, 0.3) is 6.48 Å². The zero-order chi connectivity index (χ0) is 16.4. The van der Waals surface area contributed by atoms with Gasteiger partial charge in [0.05, 0.1) is 12.4 Å². The van der Waals surface area contributed by atoms with Crippen LogP contribution in [-0.4, -0.2) is 55.5 Å². The highest BCUT2D eigenvalue weighted by Gasteiger charge is 2.37. The number of ether oxygens (including phenoxy) is 2. The Morgan fingerprint density at radius 1 is 1.39 bits per heavy atom. The number of hydrogen-bond donors (Lipinski definition) is 2. The SMILES string of the molecule is CCO[C@@H](O)O[C@H]1C[C@H](n2cnc3c(Cl)ncnc32)C[C@@H]1CO. The second kappa shape index (κ2) is 7.06. The summed E-state index contributed by atoms with van der Waals surface area (Å²) in [4.78, 5) is 12.4. The standard InChI is InChI=1S/C14H19ClN4O4/c1-2-22-14(21)23-10-4-9(3-8(10)5-20)19-7-18-11-12(15)16-6-17-13(11)19/h6-10,14,20-21H,2-5H2,1H3/t8-,9-,10+,14-/m1/s1. The van der Waals surface area contributed by atoms with Crippen molar-refractivity contribution in [2.24, 2.45) is 5.92 Å². The van der Waals surface area contributed by atoms with Gasteiger partial charge >= 0.3 is 0 Å². The van der Waals surface area contributed by atoms with Crippen LogP contribution in [0.15, 0.2) is 12.7 Å². The van der Waals surface area contributed by atoms with Gasteiger partial charge in [0.2, 0.25) is 0 Å². The van der Waals surface area contributed by atoms with Crippen molar-refractivity contribution >= 4 is 22.8 Å². The molecule has 0 aromatic carbocycles. The Balaban J connectivity index is 1.79. The predicted octanol–water partition coefficient (Wildman–Crippen LogP) is 1.12. The minimum absolute atomic E-state index is 0.0254. The Morgan fingerprint density at radius 2 is 2.22 bits per heavy atom. The number of aliphatic hydroxyl groups is 2. The molecular formula is C14H19ClN4O4. The summed E-state index contributed by atoms with van der Waals surface area (Å²) in [5, 5.41) is 19.6. The summed E-state index contributed by atoms with van der Waals surface area (Å²) in [6, 6.07) is 0.0435. The van der Waals surface area contributed by atoms with E-state index in [0.29, 0.717) is 35.8 Å². The van der Waals surface area contributed by atoms with Gasteiger partial charge in [-0.05, 0) is 19.8 Å². The fourth-order valence-electron chi connectivity index (χ4n) is 3.07. The first-order chi connectivity index (χ1) is 11.1. The van der Waals surface area contributed by atoms with Crippen molar-refractivity contribution in [1.29, 1.82) is 0 Å². The molecule has 3 rings (SSSR count). The maximum atomic E-state index is 9.66. The summed E-state index contributed by atoms with van der Waals surface area (Å²) >= 11 is 6.02. The molecule has 8 nitrogen and oxygen atoms in total. The molecule has 0 saturated heterocycles. The lowest BCUT2D eigenvalue weighted by atomic mass is 10.1. The first-order valence-corrected chi connectivity index (χ1v) is 7.90. The highest BCUT2D eigenvalue weighted by molar-refractivity contribution is 6.33. The number of rotatable bonds is 6. The normalized spacial score (nSPS) is 26.0. The monoisotopic (exact) mass is 342 g/mol. The molecule has 1 saturated carbocycles. The molecule has 2 N–H and O–H groups in total. The average molecular weight is 343 g/mol. The van der Waals surface area contributed by atoms with Crippen molar-refractivity contribution in [1.82, 2.24) is 19.5 Å². The van der Waals surface area contributed by atoms with Crippen LogP contribution in [0.5, 0.6) is 0 Å². The van der Waals surface area contributed by atoms with Crippen molar-refractivity contribution in [2.75, 3.05) is 13.2 Å². The maximum absolute atomic E-state index is 9.66. The quantitative estimate of drug-likeness (QED) is 0.599. The van der Waals surface area contributed by atoms with E-state index in [9.17, 15) is 10.2 Å². The Kier molecular flexibility index (Phi) is 5.08. The van der Waals surface area contributed by atoms with Gasteiger partial charge < -0.3 is 24.3 Å². The molecule has 0 unspecified atom stereocenters. The molecule has 0 aliphatic heterocycles. The molecule has 23 heavy (non-hydrogen) atoms. The van der Waals surface area contributed by atoms with Gasteiger partial charge in [-0.1, -0.05) is 11.6 Å². The molecule has 1 aliphatic carbocycles.